The fourth-order valence-electron chi connectivity index (χ4n) is 2.76. The van der Waals surface area contributed by atoms with E-state index in [2.05, 4.69) is 16.2 Å². The molecule has 0 aliphatic carbocycles. The number of hydrazine groups is 1. The van der Waals surface area contributed by atoms with Crippen LogP contribution in [0.2, 0.25) is 5.02 Å². The average molecular weight is 428 g/mol. The first-order valence-electron chi connectivity index (χ1n) is 9.23. The SMILES string of the molecule is COc1ccc2cc(CNC(=O)NNC(=O)COc3ccc(Cl)c(C)c3)ccc2c1. The van der Waals surface area contributed by atoms with Gasteiger partial charge in [0.05, 0.1) is 7.11 Å². The second kappa shape index (κ2) is 9.84. The second-order valence-electron chi connectivity index (χ2n) is 6.60. The van der Waals surface area contributed by atoms with Crippen LogP contribution in [-0.2, 0) is 11.3 Å². The fraction of sp³-hybridized carbons (Fsp3) is 0.182. The standard InChI is InChI=1S/C22H22ClN3O4/c1-14-9-19(7-8-20(14)23)30-13-21(27)25-26-22(28)24-12-15-3-4-17-11-18(29-2)6-5-16(17)10-15/h3-11H,12-13H2,1-2H3,(H,25,27)(H2,24,26,28). The van der Waals surface area contributed by atoms with Gasteiger partial charge in [0.2, 0.25) is 0 Å². The van der Waals surface area contributed by atoms with Crippen molar-refractivity contribution in [2.24, 2.45) is 0 Å². The Balaban J connectivity index is 1.42. The van der Waals surface area contributed by atoms with E-state index in [0.29, 0.717) is 17.3 Å². The third kappa shape index (κ3) is 5.78. The molecule has 0 aromatic heterocycles. The van der Waals surface area contributed by atoms with E-state index in [-0.39, 0.29) is 6.61 Å². The van der Waals surface area contributed by atoms with Crippen LogP contribution in [0.5, 0.6) is 11.5 Å². The van der Waals surface area contributed by atoms with Gasteiger partial charge < -0.3 is 14.8 Å². The lowest BCUT2D eigenvalue weighted by Crippen LogP contribution is -2.48. The minimum Gasteiger partial charge on any atom is -0.497 e. The Kier molecular flexibility index (Phi) is 6.98. The molecular formula is C22H22ClN3O4. The maximum Gasteiger partial charge on any atom is 0.333 e. The Morgan fingerprint density at radius 2 is 1.67 bits per heavy atom. The molecule has 0 unspecified atom stereocenters. The highest BCUT2D eigenvalue weighted by atomic mass is 35.5. The number of fused-ring (bicyclic) bond motifs is 1. The van der Waals surface area contributed by atoms with Gasteiger partial charge in [-0.3, -0.25) is 10.2 Å². The van der Waals surface area contributed by atoms with Gasteiger partial charge in [-0.2, -0.15) is 0 Å². The summed E-state index contributed by atoms with van der Waals surface area (Å²) in [4.78, 5) is 23.7. The summed E-state index contributed by atoms with van der Waals surface area (Å²) >= 11 is 5.95. The molecule has 0 aliphatic heterocycles. The van der Waals surface area contributed by atoms with Crippen LogP contribution in [0.1, 0.15) is 11.1 Å². The summed E-state index contributed by atoms with van der Waals surface area (Å²) in [7, 11) is 1.63. The predicted molar refractivity (Wildman–Crippen MR) is 116 cm³/mol. The predicted octanol–water partition coefficient (Wildman–Crippen LogP) is 3.72. The van der Waals surface area contributed by atoms with Crippen LogP contribution < -0.4 is 25.6 Å². The molecule has 0 bridgehead atoms. The molecule has 7 nitrogen and oxygen atoms in total. The first-order chi connectivity index (χ1) is 14.4. The van der Waals surface area contributed by atoms with Gasteiger partial charge in [-0.05, 0) is 65.2 Å². The second-order valence-corrected chi connectivity index (χ2v) is 7.01. The third-order valence-electron chi connectivity index (χ3n) is 4.38. The van der Waals surface area contributed by atoms with Crippen LogP contribution in [0.3, 0.4) is 0 Å². The van der Waals surface area contributed by atoms with Crippen molar-refractivity contribution in [3.63, 3.8) is 0 Å². The number of hydrogen-bond acceptors (Lipinski definition) is 4. The Hall–Kier alpha value is -3.45. The molecular weight excluding hydrogens is 406 g/mol. The number of halogens is 1. The zero-order valence-electron chi connectivity index (χ0n) is 16.6. The number of nitrogens with one attached hydrogen (secondary N) is 3. The molecule has 0 saturated heterocycles. The first kappa shape index (κ1) is 21.3. The van der Waals surface area contributed by atoms with E-state index >= 15 is 0 Å². The van der Waals surface area contributed by atoms with E-state index in [1.807, 2.05) is 43.3 Å². The fourth-order valence-corrected chi connectivity index (χ4v) is 2.87. The normalized spacial score (nSPS) is 10.4. The molecule has 3 aromatic carbocycles. The van der Waals surface area contributed by atoms with Crippen LogP contribution in [-0.4, -0.2) is 25.7 Å². The quantitative estimate of drug-likeness (QED) is 0.523. The molecule has 3 amide bonds. The molecule has 0 spiro atoms. The van der Waals surface area contributed by atoms with Crippen molar-refractivity contribution in [3.05, 3.63) is 70.7 Å². The highest BCUT2D eigenvalue weighted by molar-refractivity contribution is 6.31. The lowest BCUT2D eigenvalue weighted by Gasteiger charge is -2.11. The highest BCUT2D eigenvalue weighted by Gasteiger charge is 2.07. The molecule has 0 atom stereocenters. The number of benzene rings is 3. The van der Waals surface area contributed by atoms with Crippen LogP contribution in [0.4, 0.5) is 4.79 Å². The van der Waals surface area contributed by atoms with Crippen molar-refractivity contribution in [3.8, 4) is 11.5 Å². The molecule has 0 fully saturated rings. The number of amides is 3. The maximum atomic E-state index is 11.9. The first-order valence-corrected chi connectivity index (χ1v) is 9.61. The lowest BCUT2D eigenvalue weighted by molar-refractivity contribution is -0.123. The summed E-state index contributed by atoms with van der Waals surface area (Å²) < 4.78 is 10.6. The zero-order chi connectivity index (χ0) is 21.5. The van der Waals surface area contributed by atoms with Gasteiger partial charge in [-0.15, -0.1) is 0 Å². The molecule has 0 heterocycles. The summed E-state index contributed by atoms with van der Waals surface area (Å²) in [5.41, 5.74) is 6.36. The molecule has 3 N–H and O–H groups in total. The van der Waals surface area contributed by atoms with E-state index in [1.54, 1.807) is 25.3 Å². The summed E-state index contributed by atoms with van der Waals surface area (Å²) in [6, 6.07) is 16.2. The van der Waals surface area contributed by atoms with E-state index in [1.165, 1.54) is 0 Å². The summed E-state index contributed by atoms with van der Waals surface area (Å²) in [6.45, 7) is 1.91. The minimum absolute atomic E-state index is 0.241. The van der Waals surface area contributed by atoms with E-state index in [0.717, 1.165) is 27.6 Å². The van der Waals surface area contributed by atoms with Crippen LogP contribution in [0.25, 0.3) is 10.8 Å². The highest BCUT2D eigenvalue weighted by Crippen LogP contribution is 2.22. The number of methoxy groups -OCH3 is 1. The van der Waals surface area contributed by atoms with E-state index in [9.17, 15) is 9.59 Å². The maximum absolute atomic E-state index is 11.9. The van der Waals surface area contributed by atoms with Gasteiger partial charge in [0.15, 0.2) is 6.61 Å². The average Bonchev–Trinajstić information content (AvgIpc) is 2.76. The van der Waals surface area contributed by atoms with Crippen molar-refractivity contribution in [2.75, 3.05) is 13.7 Å². The van der Waals surface area contributed by atoms with Gasteiger partial charge >= 0.3 is 6.03 Å². The summed E-state index contributed by atoms with van der Waals surface area (Å²) in [5.74, 6) is 0.821. The molecule has 0 radical (unpaired) electrons. The van der Waals surface area contributed by atoms with Crippen molar-refractivity contribution in [1.82, 2.24) is 16.2 Å². The Morgan fingerprint density at radius 1 is 0.933 bits per heavy atom. The number of aryl methyl sites for hydroxylation is 1. The largest absolute Gasteiger partial charge is 0.497 e. The number of hydrogen-bond donors (Lipinski definition) is 3. The van der Waals surface area contributed by atoms with Crippen molar-refractivity contribution in [2.45, 2.75) is 13.5 Å². The van der Waals surface area contributed by atoms with Crippen LogP contribution in [0, 0.1) is 6.92 Å². The molecule has 0 aliphatic rings. The number of urea groups is 1. The van der Waals surface area contributed by atoms with Gasteiger partial charge in [0.25, 0.3) is 5.91 Å². The van der Waals surface area contributed by atoms with Crippen LogP contribution in [0.15, 0.2) is 54.6 Å². The van der Waals surface area contributed by atoms with Gasteiger partial charge in [0.1, 0.15) is 11.5 Å². The summed E-state index contributed by atoms with van der Waals surface area (Å²) in [6.07, 6.45) is 0. The topological polar surface area (TPSA) is 88.7 Å². The van der Waals surface area contributed by atoms with Gasteiger partial charge in [-0.1, -0.05) is 29.8 Å². The minimum atomic E-state index is -0.527. The smallest absolute Gasteiger partial charge is 0.333 e. The molecule has 30 heavy (non-hydrogen) atoms. The van der Waals surface area contributed by atoms with Crippen molar-refractivity contribution in [1.29, 1.82) is 0 Å². The van der Waals surface area contributed by atoms with Crippen molar-refractivity contribution < 1.29 is 19.1 Å². The molecule has 156 valence electrons. The number of ether oxygens (including phenoxy) is 2. The molecule has 3 aromatic rings. The number of rotatable bonds is 6. The number of carbonyl (C=O) groups is 2. The molecule has 8 heteroatoms. The lowest BCUT2D eigenvalue weighted by atomic mass is 10.1. The van der Waals surface area contributed by atoms with E-state index < -0.39 is 11.9 Å². The number of carbonyl (C=O) groups excluding carboxylic acids is 2. The van der Waals surface area contributed by atoms with Gasteiger partial charge in [-0.25, -0.2) is 10.2 Å². The molecule has 0 saturated carbocycles. The van der Waals surface area contributed by atoms with Crippen LogP contribution >= 0.6 is 11.6 Å². The van der Waals surface area contributed by atoms with Gasteiger partial charge in [0, 0.05) is 11.6 Å². The third-order valence-corrected chi connectivity index (χ3v) is 4.80. The monoisotopic (exact) mass is 427 g/mol. The Morgan fingerprint density at radius 3 is 2.43 bits per heavy atom. The zero-order valence-corrected chi connectivity index (χ0v) is 17.4. The Bertz CT molecular complexity index is 1070. The van der Waals surface area contributed by atoms with Crippen molar-refractivity contribution >= 4 is 34.3 Å². The van der Waals surface area contributed by atoms with E-state index in [4.69, 9.17) is 21.1 Å². The summed E-state index contributed by atoms with van der Waals surface area (Å²) in [5, 5.41) is 5.39. The molecule has 3 rings (SSSR count). The Labute approximate surface area is 179 Å².